The van der Waals surface area contributed by atoms with E-state index in [0.717, 1.165) is 18.7 Å². The Labute approximate surface area is 114 Å². The number of ether oxygens (including phenoxy) is 1. The molecule has 110 valence electrons. The van der Waals surface area contributed by atoms with Crippen molar-refractivity contribution in [3.05, 3.63) is 35.1 Å². The smallest absolute Gasteiger partial charge is 0.254 e. The van der Waals surface area contributed by atoms with Crippen LogP contribution in [0.4, 0.5) is 13.2 Å². The second-order valence-electron chi connectivity index (χ2n) is 4.69. The second kappa shape index (κ2) is 6.23. The molecule has 0 spiro atoms. The fourth-order valence-corrected chi connectivity index (χ4v) is 1.99. The summed E-state index contributed by atoms with van der Waals surface area (Å²) in [5.41, 5.74) is -0.520. The molecule has 20 heavy (non-hydrogen) atoms. The molecule has 0 saturated carbocycles. The van der Waals surface area contributed by atoms with Gasteiger partial charge >= 0.3 is 0 Å². The Morgan fingerprint density at radius 2 is 2.15 bits per heavy atom. The highest BCUT2D eigenvalue weighted by atomic mass is 19.2. The highest BCUT2D eigenvalue weighted by Gasteiger charge is 2.21. The van der Waals surface area contributed by atoms with Gasteiger partial charge in [0.1, 0.15) is 0 Å². The van der Waals surface area contributed by atoms with Gasteiger partial charge in [-0.25, -0.2) is 13.2 Å². The Morgan fingerprint density at radius 1 is 1.40 bits per heavy atom. The zero-order valence-corrected chi connectivity index (χ0v) is 11.0. The van der Waals surface area contributed by atoms with Crippen molar-refractivity contribution >= 4 is 5.91 Å². The summed E-state index contributed by atoms with van der Waals surface area (Å²) in [7, 11) is 1.92. The first kappa shape index (κ1) is 14.8. The van der Waals surface area contributed by atoms with Gasteiger partial charge in [-0.3, -0.25) is 4.79 Å². The van der Waals surface area contributed by atoms with E-state index in [2.05, 4.69) is 5.32 Å². The summed E-state index contributed by atoms with van der Waals surface area (Å²) in [6.07, 6.45) is -0.203. The molecule has 1 heterocycles. The quantitative estimate of drug-likeness (QED) is 0.849. The Kier molecular flexibility index (Phi) is 4.61. The average Bonchev–Trinajstić information content (AvgIpc) is 2.42. The number of nitrogens with one attached hydrogen (secondary N) is 1. The van der Waals surface area contributed by atoms with E-state index in [-0.39, 0.29) is 12.6 Å². The lowest BCUT2D eigenvalue weighted by Crippen LogP contribution is -2.46. The van der Waals surface area contributed by atoms with Crippen LogP contribution in [0.15, 0.2) is 12.1 Å². The van der Waals surface area contributed by atoms with Crippen LogP contribution in [0.2, 0.25) is 0 Å². The molecule has 1 atom stereocenters. The SMILES string of the molecule is CN1CCOC(CNC(=O)c2ccc(F)c(F)c2F)C1. The van der Waals surface area contributed by atoms with Gasteiger partial charge in [-0.15, -0.1) is 0 Å². The van der Waals surface area contributed by atoms with Crippen molar-refractivity contribution in [1.82, 2.24) is 10.2 Å². The summed E-state index contributed by atoms with van der Waals surface area (Å²) in [6, 6.07) is 1.63. The number of halogens is 3. The summed E-state index contributed by atoms with van der Waals surface area (Å²) < 4.78 is 44.7. The lowest BCUT2D eigenvalue weighted by Gasteiger charge is -2.30. The van der Waals surface area contributed by atoms with Gasteiger partial charge in [-0.1, -0.05) is 0 Å². The fraction of sp³-hybridized carbons (Fsp3) is 0.462. The van der Waals surface area contributed by atoms with Crippen molar-refractivity contribution < 1.29 is 22.7 Å². The van der Waals surface area contributed by atoms with E-state index in [1.54, 1.807) is 0 Å². The van der Waals surface area contributed by atoms with Crippen molar-refractivity contribution in [2.75, 3.05) is 33.3 Å². The van der Waals surface area contributed by atoms with Crippen molar-refractivity contribution in [1.29, 1.82) is 0 Å². The van der Waals surface area contributed by atoms with Crippen LogP contribution in [-0.4, -0.2) is 50.2 Å². The number of likely N-dealkylation sites (N-methyl/N-ethyl adjacent to an activating group) is 1. The monoisotopic (exact) mass is 288 g/mol. The van der Waals surface area contributed by atoms with E-state index in [0.29, 0.717) is 13.2 Å². The van der Waals surface area contributed by atoms with Gasteiger partial charge in [-0.2, -0.15) is 0 Å². The number of amides is 1. The molecule has 1 aliphatic heterocycles. The van der Waals surface area contributed by atoms with Crippen LogP contribution in [0.25, 0.3) is 0 Å². The van der Waals surface area contributed by atoms with Gasteiger partial charge < -0.3 is 15.0 Å². The first-order valence-electron chi connectivity index (χ1n) is 6.21. The number of benzene rings is 1. The molecule has 0 radical (unpaired) electrons. The summed E-state index contributed by atoms with van der Waals surface area (Å²) >= 11 is 0. The fourth-order valence-electron chi connectivity index (χ4n) is 1.99. The molecule has 1 fully saturated rings. The molecular weight excluding hydrogens is 273 g/mol. The molecule has 0 aromatic heterocycles. The molecular formula is C13H15F3N2O2. The van der Waals surface area contributed by atoms with Crippen molar-refractivity contribution in [3.63, 3.8) is 0 Å². The van der Waals surface area contributed by atoms with E-state index in [9.17, 15) is 18.0 Å². The van der Waals surface area contributed by atoms with Crippen LogP contribution in [-0.2, 0) is 4.74 Å². The topological polar surface area (TPSA) is 41.6 Å². The average molecular weight is 288 g/mol. The Balaban J connectivity index is 1.97. The second-order valence-corrected chi connectivity index (χ2v) is 4.69. The standard InChI is InChI=1S/C13H15F3N2O2/c1-18-4-5-20-8(7-18)6-17-13(19)9-2-3-10(14)12(16)11(9)15/h2-3,8H,4-7H2,1H3,(H,17,19). The zero-order valence-electron chi connectivity index (χ0n) is 11.0. The third kappa shape index (κ3) is 3.29. The zero-order chi connectivity index (χ0) is 14.7. The number of carbonyl (C=O) groups excluding carboxylic acids is 1. The van der Waals surface area contributed by atoms with Crippen LogP contribution in [0.5, 0.6) is 0 Å². The van der Waals surface area contributed by atoms with Crippen LogP contribution < -0.4 is 5.32 Å². The van der Waals surface area contributed by atoms with Gasteiger partial charge in [0.25, 0.3) is 5.91 Å². The first-order chi connectivity index (χ1) is 9.49. The molecule has 4 nitrogen and oxygen atoms in total. The van der Waals surface area contributed by atoms with Gasteiger partial charge in [-0.05, 0) is 19.2 Å². The molecule has 1 N–H and O–H groups in total. The summed E-state index contributed by atoms with van der Waals surface area (Å²) in [4.78, 5) is 13.8. The van der Waals surface area contributed by atoms with E-state index >= 15 is 0 Å². The Morgan fingerprint density at radius 3 is 2.85 bits per heavy atom. The maximum absolute atomic E-state index is 13.4. The molecule has 1 saturated heterocycles. The van der Waals surface area contributed by atoms with Gasteiger partial charge in [0.2, 0.25) is 0 Å². The van der Waals surface area contributed by atoms with E-state index in [1.165, 1.54) is 0 Å². The number of hydrogen-bond acceptors (Lipinski definition) is 3. The third-order valence-electron chi connectivity index (χ3n) is 3.11. The Bertz CT molecular complexity index is 511. The summed E-state index contributed by atoms with van der Waals surface area (Å²) in [6.45, 7) is 2.18. The first-order valence-corrected chi connectivity index (χ1v) is 6.21. The van der Waals surface area contributed by atoms with Gasteiger partial charge in [0.15, 0.2) is 17.5 Å². The van der Waals surface area contributed by atoms with Gasteiger partial charge in [0, 0.05) is 19.6 Å². The number of hydrogen-bond donors (Lipinski definition) is 1. The summed E-state index contributed by atoms with van der Waals surface area (Å²) in [5.74, 6) is -5.25. The van der Waals surface area contributed by atoms with Crippen LogP contribution in [0.3, 0.4) is 0 Å². The van der Waals surface area contributed by atoms with E-state index in [4.69, 9.17) is 4.74 Å². The minimum Gasteiger partial charge on any atom is -0.374 e. The maximum atomic E-state index is 13.4. The van der Waals surface area contributed by atoms with Gasteiger partial charge in [0.05, 0.1) is 18.3 Å². The van der Waals surface area contributed by atoms with E-state index < -0.39 is 28.9 Å². The molecule has 2 rings (SSSR count). The van der Waals surface area contributed by atoms with E-state index in [1.807, 2.05) is 11.9 Å². The third-order valence-corrected chi connectivity index (χ3v) is 3.11. The Hall–Kier alpha value is -1.60. The van der Waals surface area contributed by atoms with Crippen molar-refractivity contribution in [2.24, 2.45) is 0 Å². The van der Waals surface area contributed by atoms with Crippen LogP contribution >= 0.6 is 0 Å². The lowest BCUT2D eigenvalue weighted by atomic mass is 10.1. The largest absolute Gasteiger partial charge is 0.374 e. The molecule has 1 unspecified atom stereocenters. The number of carbonyl (C=O) groups is 1. The molecule has 1 aromatic carbocycles. The highest BCUT2D eigenvalue weighted by Crippen LogP contribution is 2.15. The normalized spacial score (nSPS) is 19.9. The summed E-state index contributed by atoms with van der Waals surface area (Å²) in [5, 5.41) is 2.46. The predicted molar refractivity (Wildman–Crippen MR) is 65.9 cm³/mol. The molecule has 7 heteroatoms. The minimum absolute atomic E-state index is 0.182. The molecule has 1 amide bonds. The maximum Gasteiger partial charge on any atom is 0.254 e. The number of rotatable bonds is 3. The van der Waals surface area contributed by atoms with Crippen LogP contribution in [0, 0.1) is 17.5 Å². The molecule has 0 bridgehead atoms. The predicted octanol–water partition coefficient (Wildman–Crippen LogP) is 1.16. The minimum atomic E-state index is -1.65. The molecule has 1 aromatic rings. The molecule has 1 aliphatic rings. The highest BCUT2D eigenvalue weighted by molar-refractivity contribution is 5.94. The van der Waals surface area contributed by atoms with Crippen molar-refractivity contribution in [3.8, 4) is 0 Å². The van der Waals surface area contributed by atoms with Crippen molar-refractivity contribution in [2.45, 2.75) is 6.10 Å². The lowest BCUT2D eigenvalue weighted by molar-refractivity contribution is -0.0175. The number of morpholine rings is 1. The number of nitrogens with zero attached hydrogens (tertiary/aromatic N) is 1. The van der Waals surface area contributed by atoms with Crippen LogP contribution in [0.1, 0.15) is 10.4 Å². The molecule has 0 aliphatic carbocycles.